The summed E-state index contributed by atoms with van der Waals surface area (Å²) in [6.45, 7) is 6.36. The molecule has 0 spiro atoms. The molecule has 2 heterocycles. The molecule has 3 rings (SSSR count). The van der Waals surface area contributed by atoms with Crippen molar-refractivity contribution in [2.45, 2.75) is 19.5 Å². The highest BCUT2D eigenvalue weighted by Gasteiger charge is 2.18. The standard InChI is InChI=1S/C18H18N4O/c1-3-12-22-16-10-5-4-8-14(16)21-17(22)13(2)20-18(23)15-9-6-7-11-19-15/h3-11,13H,1,12H2,2H3,(H,20,23). The van der Waals surface area contributed by atoms with E-state index in [9.17, 15) is 4.79 Å². The Balaban J connectivity index is 1.91. The van der Waals surface area contributed by atoms with E-state index in [4.69, 9.17) is 0 Å². The number of pyridine rings is 1. The predicted molar refractivity (Wildman–Crippen MR) is 90.0 cm³/mol. The lowest BCUT2D eigenvalue weighted by Crippen LogP contribution is -2.29. The summed E-state index contributed by atoms with van der Waals surface area (Å²) in [4.78, 5) is 21.0. The molecule has 3 aromatic rings. The van der Waals surface area contributed by atoms with Crippen LogP contribution in [0.25, 0.3) is 11.0 Å². The van der Waals surface area contributed by atoms with E-state index in [1.165, 1.54) is 0 Å². The highest BCUT2D eigenvalue weighted by Crippen LogP contribution is 2.21. The molecule has 1 N–H and O–H groups in total. The van der Waals surface area contributed by atoms with E-state index in [2.05, 4.69) is 26.4 Å². The van der Waals surface area contributed by atoms with Crippen LogP contribution in [0.5, 0.6) is 0 Å². The van der Waals surface area contributed by atoms with Crippen LogP contribution in [0.4, 0.5) is 0 Å². The topological polar surface area (TPSA) is 59.8 Å². The number of carbonyl (C=O) groups is 1. The monoisotopic (exact) mass is 306 g/mol. The molecular formula is C18H18N4O. The highest BCUT2D eigenvalue weighted by atomic mass is 16.1. The van der Waals surface area contributed by atoms with Gasteiger partial charge in [0.2, 0.25) is 0 Å². The van der Waals surface area contributed by atoms with Crippen molar-refractivity contribution in [1.82, 2.24) is 19.9 Å². The number of hydrogen-bond donors (Lipinski definition) is 1. The fraction of sp³-hybridized carbons (Fsp3) is 0.167. The molecule has 0 radical (unpaired) electrons. The molecule has 5 nitrogen and oxygen atoms in total. The van der Waals surface area contributed by atoms with Gasteiger partial charge in [-0.25, -0.2) is 4.98 Å². The molecule has 0 fully saturated rings. The highest BCUT2D eigenvalue weighted by molar-refractivity contribution is 5.92. The van der Waals surface area contributed by atoms with Crippen LogP contribution in [0.15, 0.2) is 61.3 Å². The van der Waals surface area contributed by atoms with Crippen LogP contribution in [-0.2, 0) is 6.54 Å². The SMILES string of the molecule is C=CCn1c(C(C)NC(=O)c2ccccn2)nc2ccccc21. The van der Waals surface area contributed by atoms with Gasteiger partial charge in [-0.2, -0.15) is 0 Å². The minimum absolute atomic E-state index is 0.213. The second kappa shape index (κ2) is 6.44. The number of carbonyl (C=O) groups excluding carboxylic acids is 1. The number of rotatable bonds is 5. The maximum absolute atomic E-state index is 12.3. The second-order valence-electron chi connectivity index (χ2n) is 5.27. The summed E-state index contributed by atoms with van der Waals surface area (Å²) < 4.78 is 2.06. The minimum Gasteiger partial charge on any atom is -0.341 e. The number of nitrogens with one attached hydrogen (secondary N) is 1. The molecule has 1 aromatic carbocycles. The molecule has 2 aromatic heterocycles. The molecule has 1 amide bonds. The van der Waals surface area contributed by atoms with Crippen molar-refractivity contribution in [3.63, 3.8) is 0 Å². The number of allylic oxidation sites excluding steroid dienone is 1. The molecule has 0 saturated heterocycles. The molecule has 5 heteroatoms. The third-order valence-corrected chi connectivity index (χ3v) is 3.63. The molecule has 1 atom stereocenters. The Bertz CT molecular complexity index is 839. The smallest absolute Gasteiger partial charge is 0.270 e. The number of amides is 1. The first-order valence-corrected chi connectivity index (χ1v) is 7.48. The van der Waals surface area contributed by atoms with Gasteiger partial charge in [-0.05, 0) is 31.2 Å². The van der Waals surface area contributed by atoms with Crippen molar-refractivity contribution in [2.75, 3.05) is 0 Å². The van der Waals surface area contributed by atoms with Crippen molar-refractivity contribution in [1.29, 1.82) is 0 Å². The van der Waals surface area contributed by atoms with Gasteiger partial charge in [0, 0.05) is 12.7 Å². The average molecular weight is 306 g/mol. The van der Waals surface area contributed by atoms with Crippen LogP contribution < -0.4 is 5.32 Å². The Kier molecular flexibility index (Phi) is 4.19. The van der Waals surface area contributed by atoms with Crippen molar-refractivity contribution < 1.29 is 4.79 Å². The number of aromatic nitrogens is 3. The van der Waals surface area contributed by atoms with Gasteiger partial charge in [-0.1, -0.05) is 24.3 Å². The maximum Gasteiger partial charge on any atom is 0.270 e. The predicted octanol–water partition coefficient (Wildman–Crippen LogP) is 3.11. The third kappa shape index (κ3) is 2.99. The summed E-state index contributed by atoms with van der Waals surface area (Å²) in [6, 6.07) is 12.9. The number of para-hydroxylation sites is 2. The zero-order valence-corrected chi connectivity index (χ0v) is 12.9. The van der Waals surface area contributed by atoms with Gasteiger partial charge in [-0.3, -0.25) is 9.78 Å². The van der Waals surface area contributed by atoms with E-state index >= 15 is 0 Å². The summed E-state index contributed by atoms with van der Waals surface area (Å²) in [5.74, 6) is 0.589. The lowest BCUT2D eigenvalue weighted by molar-refractivity contribution is 0.0932. The van der Waals surface area contributed by atoms with Crippen LogP contribution >= 0.6 is 0 Å². The fourth-order valence-corrected chi connectivity index (χ4v) is 2.58. The normalized spacial score (nSPS) is 12.0. The number of imidazole rings is 1. The van der Waals surface area contributed by atoms with Crippen LogP contribution in [0.1, 0.15) is 29.3 Å². The van der Waals surface area contributed by atoms with Crippen molar-refractivity contribution in [3.8, 4) is 0 Å². The Labute approximate surface area is 134 Å². The molecule has 0 aliphatic heterocycles. The molecule has 116 valence electrons. The lowest BCUT2D eigenvalue weighted by atomic mass is 10.2. The molecule has 0 aliphatic rings. The van der Waals surface area contributed by atoms with E-state index in [0.29, 0.717) is 12.2 Å². The van der Waals surface area contributed by atoms with E-state index < -0.39 is 0 Å². The van der Waals surface area contributed by atoms with Gasteiger partial charge in [0.15, 0.2) is 0 Å². The summed E-state index contributed by atoms with van der Waals surface area (Å²) in [5, 5.41) is 2.95. The fourth-order valence-electron chi connectivity index (χ4n) is 2.58. The van der Waals surface area contributed by atoms with Gasteiger partial charge < -0.3 is 9.88 Å². The molecule has 0 bridgehead atoms. The zero-order chi connectivity index (χ0) is 16.2. The molecule has 0 aliphatic carbocycles. The van der Waals surface area contributed by atoms with E-state index in [1.807, 2.05) is 37.3 Å². The van der Waals surface area contributed by atoms with Gasteiger partial charge >= 0.3 is 0 Å². The second-order valence-corrected chi connectivity index (χ2v) is 5.27. The number of nitrogens with zero attached hydrogens (tertiary/aromatic N) is 3. The first-order valence-electron chi connectivity index (χ1n) is 7.48. The van der Waals surface area contributed by atoms with Gasteiger partial charge in [-0.15, -0.1) is 6.58 Å². The lowest BCUT2D eigenvalue weighted by Gasteiger charge is -2.15. The molecular weight excluding hydrogens is 288 g/mol. The van der Waals surface area contributed by atoms with Crippen LogP contribution in [0, 0.1) is 0 Å². The minimum atomic E-state index is -0.239. The van der Waals surface area contributed by atoms with Gasteiger partial charge in [0.05, 0.1) is 17.1 Å². The first-order chi connectivity index (χ1) is 11.2. The number of fused-ring (bicyclic) bond motifs is 1. The Morgan fingerprint density at radius 2 is 2.09 bits per heavy atom. The van der Waals surface area contributed by atoms with Gasteiger partial charge in [0.25, 0.3) is 5.91 Å². The van der Waals surface area contributed by atoms with Crippen molar-refractivity contribution in [3.05, 3.63) is 72.8 Å². The first kappa shape index (κ1) is 15.0. The Morgan fingerprint density at radius 1 is 1.30 bits per heavy atom. The summed E-state index contributed by atoms with van der Waals surface area (Å²) >= 11 is 0. The van der Waals surface area contributed by atoms with Crippen LogP contribution in [-0.4, -0.2) is 20.4 Å². The van der Waals surface area contributed by atoms with Crippen molar-refractivity contribution in [2.24, 2.45) is 0 Å². The van der Waals surface area contributed by atoms with Crippen molar-refractivity contribution >= 4 is 16.9 Å². The Morgan fingerprint density at radius 3 is 2.83 bits per heavy atom. The average Bonchev–Trinajstić information content (AvgIpc) is 2.95. The number of benzene rings is 1. The molecule has 1 unspecified atom stereocenters. The summed E-state index contributed by atoms with van der Waals surface area (Å²) in [5.41, 5.74) is 2.33. The summed E-state index contributed by atoms with van der Waals surface area (Å²) in [7, 11) is 0. The molecule has 23 heavy (non-hydrogen) atoms. The van der Waals surface area contributed by atoms with Crippen LogP contribution in [0.2, 0.25) is 0 Å². The Hall–Kier alpha value is -2.95. The largest absolute Gasteiger partial charge is 0.341 e. The zero-order valence-electron chi connectivity index (χ0n) is 12.9. The third-order valence-electron chi connectivity index (χ3n) is 3.63. The summed E-state index contributed by atoms with van der Waals surface area (Å²) in [6.07, 6.45) is 3.43. The van der Waals surface area contributed by atoms with E-state index in [-0.39, 0.29) is 11.9 Å². The van der Waals surface area contributed by atoms with E-state index in [0.717, 1.165) is 16.9 Å². The van der Waals surface area contributed by atoms with E-state index in [1.54, 1.807) is 24.4 Å². The number of hydrogen-bond acceptors (Lipinski definition) is 3. The molecule has 0 saturated carbocycles. The maximum atomic E-state index is 12.3. The van der Waals surface area contributed by atoms with Crippen LogP contribution in [0.3, 0.4) is 0 Å². The quantitative estimate of drug-likeness (QED) is 0.737. The van der Waals surface area contributed by atoms with Gasteiger partial charge in [0.1, 0.15) is 11.5 Å².